The van der Waals surface area contributed by atoms with Gasteiger partial charge in [-0.25, -0.2) is 9.67 Å². The monoisotopic (exact) mass is 633 g/mol. The van der Waals surface area contributed by atoms with Crippen LogP contribution in [0.15, 0.2) is 53.6 Å². The third-order valence-electron chi connectivity index (χ3n) is 9.13. The minimum Gasteiger partial charge on any atom is -0.472 e. The van der Waals surface area contributed by atoms with Crippen LogP contribution >= 0.6 is 10.8 Å². The summed E-state index contributed by atoms with van der Waals surface area (Å²) in [5.74, 6) is 0.0390. The average Bonchev–Trinajstić information content (AvgIpc) is 3.40. The highest BCUT2D eigenvalue weighted by Crippen LogP contribution is 2.57. The zero-order valence-corrected chi connectivity index (χ0v) is 27.4. The zero-order chi connectivity index (χ0) is 31.9. The van der Waals surface area contributed by atoms with Crippen LogP contribution in [0.5, 0.6) is 5.88 Å². The Labute approximate surface area is 266 Å². The Hall–Kier alpha value is -3.55. The normalized spacial score (nSPS) is 20.1. The number of carbonyl (C=O) groups is 1. The lowest BCUT2D eigenvalue weighted by atomic mass is 9.84. The molecule has 2 aliphatic rings. The van der Waals surface area contributed by atoms with Crippen molar-refractivity contribution in [3.63, 3.8) is 0 Å². The standard InChI is InChI=1S/C33H43N7O4S/c1-6-26-20-39(45(42,43)30-9-8-14-34-33(30)44-26)17-24-15-23(11-10-21(24)3)28(16-31(41)35-25-18-38(5)19-25)27-12-13-29-32(22(27)4)36-37-40(29)7-2/h8-15,25-26,28,42-43H,6-7,16-20H2,1-5H3,(H,35,41)/t26-,28+/m1/s1. The molecule has 45 heavy (non-hydrogen) atoms. The van der Waals surface area contributed by atoms with E-state index >= 15 is 0 Å². The fourth-order valence-corrected chi connectivity index (χ4v) is 8.00. The summed E-state index contributed by atoms with van der Waals surface area (Å²) in [5.41, 5.74) is 6.80. The lowest BCUT2D eigenvalue weighted by molar-refractivity contribution is -0.123. The van der Waals surface area contributed by atoms with Gasteiger partial charge in [-0.2, -0.15) is 4.31 Å². The van der Waals surface area contributed by atoms with Crippen molar-refractivity contribution in [2.75, 3.05) is 26.7 Å². The number of fused-ring (bicyclic) bond motifs is 2. The van der Waals surface area contributed by atoms with E-state index in [0.29, 0.717) is 24.4 Å². The molecule has 11 nitrogen and oxygen atoms in total. The van der Waals surface area contributed by atoms with Crippen molar-refractivity contribution in [1.29, 1.82) is 0 Å². The summed E-state index contributed by atoms with van der Waals surface area (Å²) in [7, 11) is -1.32. The summed E-state index contributed by atoms with van der Waals surface area (Å²) in [5, 5.41) is 12.0. The molecule has 4 aromatic rings. The fraction of sp³-hybridized carbons (Fsp3) is 0.455. The van der Waals surface area contributed by atoms with Crippen molar-refractivity contribution in [2.24, 2.45) is 0 Å². The zero-order valence-electron chi connectivity index (χ0n) is 26.6. The number of likely N-dealkylation sites (N-methyl/N-ethyl adjacent to an activating group) is 1. The van der Waals surface area contributed by atoms with Crippen LogP contribution in [0.4, 0.5) is 0 Å². The van der Waals surface area contributed by atoms with Crippen molar-refractivity contribution in [3.05, 3.63) is 76.5 Å². The number of ether oxygens (including phenoxy) is 1. The van der Waals surface area contributed by atoms with Crippen LogP contribution in [0.25, 0.3) is 11.0 Å². The highest BCUT2D eigenvalue weighted by atomic mass is 32.3. The van der Waals surface area contributed by atoms with Gasteiger partial charge in [0.25, 0.3) is 0 Å². The molecule has 4 heterocycles. The third-order valence-corrected chi connectivity index (χ3v) is 11.0. The van der Waals surface area contributed by atoms with Gasteiger partial charge in [0.1, 0.15) is 16.5 Å². The first-order chi connectivity index (χ1) is 21.6. The summed E-state index contributed by atoms with van der Waals surface area (Å²) < 4.78 is 32.8. The molecule has 3 N–H and O–H groups in total. The van der Waals surface area contributed by atoms with Gasteiger partial charge in [-0.3, -0.25) is 13.9 Å². The highest BCUT2D eigenvalue weighted by molar-refractivity contribution is 8.22. The Morgan fingerprint density at radius 1 is 1.13 bits per heavy atom. The maximum atomic E-state index is 13.5. The van der Waals surface area contributed by atoms with Gasteiger partial charge < -0.3 is 15.0 Å². The minimum atomic E-state index is -3.37. The molecule has 12 heteroatoms. The molecule has 1 amide bonds. The number of hydrogen-bond acceptors (Lipinski definition) is 9. The van der Waals surface area contributed by atoms with E-state index in [0.717, 1.165) is 58.5 Å². The van der Waals surface area contributed by atoms with Crippen LogP contribution in [0.1, 0.15) is 60.4 Å². The van der Waals surface area contributed by atoms with Crippen LogP contribution in [0.2, 0.25) is 0 Å². The van der Waals surface area contributed by atoms with Gasteiger partial charge >= 0.3 is 0 Å². The Balaban J connectivity index is 1.37. The highest BCUT2D eigenvalue weighted by Gasteiger charge is 2.36. The number of aromatic nitrogens is 4. The van der Waals surface area contributed by atoms with E-state index in [1.165, 1.54) is 0 Å². The molecular weight excluding hydrogens is 590 g/mol. The summed E-state index contributed by atoms with van der Waals surface area (Å²) in [6.07, 6.45) is 2.33. The summed E-state index contributed by atoms with van der Waals surface area (Å²) >= 11 is 0. The van der Waals surface area contributed by atoms with E-state index in [9.17, 15) is 13.9 Å². The molecule has 0 aliphatic carbocycles. The second-order valence-electron chi connectivity index (χ2n) is 12.3. The van der Waals surface area contributed by atoms with Gasteiger partial charge in [-0.1, -0.05) is 36.4 Å². The number of rotatable bonds is 9. The second kappa shape index (κ2) is 12.7. The lowest BCUT2D eigenvalue weighted by Gasteiger charge is -2.41. The molecule has 6 rings (SSSR count). The van der Waals surface area contributed by atoms with Gasteiger partial charge in [0.05, 0.1) is 18.1 Å². The van der Waals surface area contributed by atoms with Crippen LogP contribution in [-0.2, 0) is 17.9 Å². The molecule has 240 valence electrons. The van der Waals surface area contributed by atoms with Gasteiger partial charge in [0, 0.05) is 44.7 Å². The molecule has 0 unspecified atom stereocenters. The molecule has 0 spiro atoms. The average molecular weight is 634 g/mol. The van der Waals surface area contributed by atoms with E-state index in [2.05, 4.69) is 56.7 Å². The van der Waals surface area contributed by atoms with Gasteiger partial charge in [-0.15, -0.1) is 15.9 Å². The van der Waals surface area contributed by atoms with Crippen molar-refractivity contribution in [3.8, 4) is 5.88 Å². The van der Waals surface area contributed by atoms with Gasteiger partial charge in [-0.05, 0) is 80.3 Å². The first-order valence-electron chi connectivity index (χ1n) is 15.6. The Kier molecular flexibility index (Phi) is 8.86. The molecule has 0 radical (unpaired) electrons. The second-order valence-corrected chi connectivity index (χ2v) is 14.3. The number of carbonyl (C=O) groups excluding carboxylic acids is 1. The first kappa shape index (κ1) is 31.4. The van der Waals surface area contributed by atoms with Crippen LogP contribution < -0.4 is 10.1 Å². The molecular formula is C33H43N7O4S. The van der Waals surface area contributed by atoms with Crippen LogP contribution in [0, 0.1) is 13.8 Å². The molecule has 1 fully saturated rings. The SMILES string of the molecule is CC[C@@H]1CN(Cc2cc([C@H](CC(=O)NC3CN(C)C3)c3ccc4c(nnn4CC)c3C)ccc2C)S(O)(O)c2cccnc2O1. The molecule has 1 saturated heterocycles. The Morgan fingerprint density at radius 3 is 2.67 bits per heavy atom. The lowest BCUT2D eigenvalue weighted by Crippen LogP contribution is -2.57. The van der Waals surface area contributed by atoms with Crippen molar-refractivity contribution in [2.45, 2.75) is 76.6 Å². The van der Waals surface area contributed by atoms with Crippen molar-refractivity contribution >= 4 is 27.7 Å². The number of hydrogen-bond donors (Lipinski definition) is 3. The number of nitrogens with one attached hydrogen (secondary N) is 1. The van der Waals surface area contributed by atoms with E-state index in [1.54, 1.807) is 22.6 Å². The maximum Gasteiger partial charge on any atom is 0.239 e. The number of benzene rings is 2. The quantitative estimate of drug-likeness (QED) is 0.230. The van der Waals surface area contributed by atoms with E-state index in [1.807, 2.05) is 38.6 Å². The number of pyridine rings is 1. The summed E-state index contributed by atoms with van der Waals surface area (Å²) in [4.78, 5) is 20.2. The topological polar surface area (TPSA) is 129 Å². The van der Waals surface area contributed by atoms with E-state index in [4.69, 9.17) is 4.74 Å². The predicted octanol–water partition coefficient (Wildman–Crippen LogP) is 5.11. The Bertz CT molecular complexity index is 1700. The van der Waals surface area contributed by atoms with Gasteiger partial charge in [0.15, 0.2) is 0 Å². The first-order valence-corrected chi connectivity index (χ1v) is 17.1. The van der Waals surface area contributed by atoms with Crippen LogP contribution in [-0.4, -0.2) is 83.0 Å². The van der Waals surface area contributed by atoms with Crippen molar-refractivity contribution < 1.29 is 18.6 Å². The summed E-state index contributed by atoms with van der Waals surface area (Å²) in [6.45, 7) is 11.2. The molecule has 2 aromatic carbocycles. The number of nitrogens with zero attached hydrogens (tertiary/aromatic N) is 6. The smallest absolute Gasteiger partial charge is 0.239 e. The number of aryl methyl sites for hydroxylation is 3. The molecule has 2 aromatic heterocycles. The number of likely N-dealkylation sites (tertiary alicyclic amines) is 1. The van der Waals surface area contributed by atoms with Gasteiger partial charge in [0.2, 0.25) is 11.8 Å². The molecule has 0 saturated carbocycles. The molecule has 2 aliphatic heterocycles. The summed E-state index contributed by atoms with van der Waals surface area (Å²) in [6, 6.07) is 13.9. The largest absolute Gasteiger partial charge is 0.472 e. The molecule has 0 bridgehead atoms. The van der Waals surface area contributed by atoms with Crippen molar-refractivity contribution in [1.82, 2.24) is 34.5 Å². The third kappa shape index (κ3) is 6.17. The molecule has 2 atom stereocenters. The maximum absolute atomic E-state index is 13.5. The van der Waals surface area contributed by atoms with Crippen LogP contribution in [0.3, 0.4) is 0 Å². The Morgan fingerprint density at radius 2 is 1.93 bits per heavy atom. The van der Waals surface area contributed by atoms with E-state index < -0.39 is 10.8 Å². The number of amides is 1. The minimum absolute atomic E-state index is 0.00525. The van der Waals surface area contributed by atoms with E-state index in [-0.39, 0.29) is 36.3 Å². The predicted molar refractivity (Wildman–Crippen MR) is 175 cm³/mol. The fourth-order valence-electron chi connectivity index (χ4n) is 6.44.